The van der Waals surface area contributed by atoms with Gasteiger partial charge < -0.3 is 25.5 Å². The number of nitrogens with one attached hydrogen (secondary N) is 1. The van der Waals surface area contributed by atoms with Gasteiger partial charge in [-0.15, -0.1) is 0 Å². The summed E-state index contributed by atoms with van der Waals surface area (Å²) >= 11 is 0. The Morgan fingerprint density at radius 3 is 2.80 bits per heavy atom. The summed E-state index contributed by atoms with van der Waals surface area (Å²) in [5, 5.41) is 11.0. The van der Waals surface area contributed by atoms with E-state index in [2.05, 4.69) is 29.9 Å². The number of fused-ring (bicyclic) bond motifs is 1. The maximum Gasteiger partial charge on any atom is 0.404 e. The number of carbonyl (C=O) groups is 1. The standard InChI is InChI=1S/C17H28N4O3Si/c1-25(2,3)9-8-24-12-21-15-5-4-13(6-7-19-17(22)23)10-14(15)20-16(21)11-18/h4-5,10,19H,6-9,11-12,18H2,1-3H3,(H,22,23). The molecule has 0 aliphatic carbocycles. The lowest BCUT2D eigenvalue weighted by molar-refractivity contribution is 0.0879. The van der Waals surface area contributed by atoms with Gasteiger partial charge in [-0.1, -0.05) is 25.7 Å². The van der Waals surface area contributed by atoms with Crippen molar-refractivity contribution in [3.8, 4) is 0 Å². The van der Waals surface area contributed by atoms with Crippen LogP contribution in [-0.4, -0.2) is 42.0 Å². The predicted octanol–water partition coefficient (Wildman–Crippen LogP) is 2.62. The molecule has 1 heterocycles. The normalized spacial score (nSPS) is 11.8. The molecule has 8 heteroatoms. The van der Waals surface area contributed by atoms with Crippen LogP contribution >= 0.6 is 0 Å². The van der Waals surface area contributed by atoms with Gasteiger partial charge in [0.05, 0.1) is 17.6 Å². The van der Waals surface area contributed by atoms with E-state index in [4.69, 9.17) is 15.6 Å². The van der Waals surface area contributed by atoms with E-state index in [9.17, 15) is 4.79 Å². The predicted molar refractivity (Wildman–Crippen MR) is 101 cm³/mol. The number of ether oxygens (including phenoxy) is 1. The first-order chi connectivity index (χ1) is 11.8. The lowest BCUT2D eigenvalue weighted by atomic mass is 10.1. The van der Waals surface area contributed by atoms with E-state index in [0.717, 1.165) is 35.1 Å². The molecule has 2 rings (SSSR count). The largest absolute Gasteiger partial charge is 0.465 e. The summed E-state index contributed by atoms with van der Waals surface area (Å²) in [6.45, 7) is 8.91. The summed E-state index contributed by atoms with van der Waals surface area (Å²) < 4.78 is 7.87. The second-order valence-electron chi connectivity index (χ2n) is 7.31. The maximum atomic E-state index is 10.5. The molecule has 0 unspecified atom stereocenters. The van der Waals surface area contributed by atoms with Crippen LogP contribution in [0.15, 0.2) is 18.2 Å². The molecule has 1 aromatic carbocycles. The number of hydrogen-bond donors (Lipinski definition) is 3. The van der Waals surface area contributed by atoms with Gasteiger partial charge in [-0.25, -0.2) is 9.78 Å². The number of hydrogen-bond acceptors (Lipinski definition) is 4. The van der Waals surface area contributed by atoms with Crippen LogP contribution in [0, 0.1) is 0 Å². The third kappa shape index (κ3) is 5.84. The second-order valence-corrected chi connectivity index (χ2v) is 12.9. The number of aromatic nitrogens is 2. The van der Waals surface area contributed by atoms with Crippen LogP contribution in [0.25, 0.3) is 11.0 Å². The first-order valence-electron chi connectivity index (χ1n) is 8.53. The Kier molecular flexibility index (Phi) is 6.57. The summed E-state index contributed by atoms with van der Waals surface area (Å²) in [4.78, 5) is 15.1. The van der Waals surface area contributed by atoms with Crippen LogP contribution in [0.2, 0.25) is 25.7 Å². The minimum atomic E-state index is -1.11. The van der Waals surface area contributed by atoms with Crippen molar-refractivity contribution in [2.75, 3.05) is 13.2 Å². The first-order valence-corrected chi connectivity index (χ1v) is 12.2. The second kappa shape index (κ2) is 8.46. The average molecular weight is 365 g/mol. The highest BCUT2D eigenvalue weighted by atomic mass is 28.3. The molecule has 0 radical (unpaired) electrons. The van der Waals surface area contributed by atoms with E-state index in [1.807, 2.05) is 22.8 Å². The molecule has 0 bridgehead atoms. The smallest absolute Gasteiger partial charge is 0.404 e. The number of nitrogens with two attached hydrogens (primary N) is 1. The van der Waals surface area contributed by atoms with Gasteiger partial charge >= 0.3 is 6.09 Å². The molecule has 2 aromatic rings. The number of benzene rings is 1. The molecule has 7 nitrogen and oxygen atoms in total. The quantitative estimate of drug-likeness (QED) is 0.469. The zero-order chi connectivity index (χ0) is 18.4. The van der Waals surface area contributed by atoms with Crippen LogP contribution in [0.1, 0.15) is 11.4 Å². The van der Waals surface area contributed by atoms with E-state index in [-0.39, 0.29) is 0 Å². The van der Waals surface area contributed by atoms with Crippen molar-refractivity contribution in [2.45, 2.75) is 45.4 Å². The Morgan fingerprint density at radius 1 is 1.40 bits per heavy atom. The van der Waals surface area contributed by atoms with Gasteiger partial charge in [-0.2, -0.15) is 0 Å². The van der Waals surface area contributed by atoms with Crippen molar-refractivity contribution in [3.63, 3.8) is 0 Å². The molecule has 0 saturated carbocycles. The molecule has 25 heavy (non-hydrogen) atoms. The molecule has 0 fully saturated rings. The van der Waals surface area contributed by atoms with Gasteiger partial charge in [0.1, 0.15) is 12.6 Å². The number of amides is 1. The van der Waals surface area contributed by atoms with Crippen molar-refractivity contribution in [1.82, 2.24) is 14.9 Å². The van der Waals surface area contributed by atoms with Crippen LogP contribution < -0.4 is 11.1 Å². The van der Waals surface area contributed by atoms with Crippen LogP contribution in [0.5, 0.6) is 0 Å². The first kappa shape index (κ1) is 19.4. The molecule has 0 atom stereocenters. The SMILES string of the molecule is C[Si](C)(C)CCOCn1c(CN)nc2cc(CCNC(=O)O)ccc21. The summed E-state index contributed by atoms with van der Waals surface area (Å²) in [5.41, 5.74) is 8.72. The fraction of sp³-hybridized carbons (Fsp3) is 0.529. The van der Waals surface area contributed by atoms with Crippen molar-refractivity contribution >= 4 is 25.2 Å². The molecule has 1 aromatic heterocycles. The van der Waals surface area contributed by atoms with E-state index in [0.29, 0.717) is 26.2 Å². The molecular formula is C17H28N4O3Si. The van der Waals surface area contributed by atoms with Crippen molar-refractivity contribution in [2.24, 2.45) is 5.73 Å². The Hall–Kier alpha value is -1.90. The van der Waals surface area contributed by atoms with Crippen molar-refractivity contribution in [3.05, 3.63) is 29.6 Å². The van der Waals surface area contributed by atoms with Crippen molar-refractivity contribution in [1.29, 1.82) is 0 Å². The molecule has 1 amide bonds. The minimum Gasteiger partial charge on any atom is -0.465 e. The van der Waals surface area contributed by atoms with Gasteiger partial charge in [-0.05, 0) is 30.2 Å². The Labute approximate surface area is 149 Å². The Morgan fingerprint density at radius 2 is 2.16 bits per heavy atom. The lowest BCUT2D eigenvalue weighted by Gasteiger charge is -2.16. The van der Waals surface area contributed by atoms with Gasteiger partial charge in [0, 0.05) is 21.2 Å². The van der Waals surface area contributed by atoms with Crippen LogP contribution in [0.4, 0.5) is 4.79 Å². The number of imidazole rings is 1. The van der Waals surface area contributed by atoms with Crippen LogP contribution in [0.3, 0.4) is 0 Å². The third-order valence-electron chi connectivity index (χ3n) is 3.98. The molecule has 0 aliphatic heterocycles. The molecule has 0 aliphatic rings. The molecule has 4 N–H and O–H groups in total. The van der Waals surface area contributed by atoms with Crippen LogP contribution in [-0.2, 0) is 24.4 Å². The summed E-state index contributed by atoms with van der Waals surface area (Å²) in [7, 11) is -1.11. The highest BCUT2D eigenvalue weighted by Crippen LogP contribution is 2.19. The molecule has 0 saturated heterocycles. The summed E-state index contributed by atoms with van der Waals surface area (Å²) in [6, 6.07) is 7.10. The van der Waals surface area contributed by atoms with Gasteiger partial charge in [0.2, 0.25) is 0 Å². The van der Waals surface area contributed by atoms with Crippen molar-refractivity contribution < 1.29 is 14.6 Å². The molecular weight excluding hydrogens is 336 g/mol. The molecule has 0 spiro atoms. The zero-order valence-corrected chi connectivity index (χ0v) is 16.2. The van der Waals surface area contributed by atoms with Gasteiger partial charge in [0.25, 0.3) is 0 Å². The summed E-state index contributed by atoms with van der Waals surface area (Å²) in [5.74, 6) is 0.795. The summed E-state index contributed by atoms with van der Waals surface area (Å²) in [6.07, 6.45) is -0.383. The highest BCUT2D eigenvalue weighted by Gasteiger charge is 2.14. The zero-order valence-electron chi connectivity index (χ0n) is 15.2. The Balaban J connectivity index is 2.07. The van der Waals surface area contributed by atoms with E-state index >= 15 is 0 Å². The third-order valence-corrected chi connectivity index (χ3v) is 5.69. The van der Waals surface area contributed by atoms with E-state index in [1.165, 1.54) is 0 Å². The topological polar surface area (TPSA) is 102 Å². The monoisotopic (exact) mass is 364 g/mol. The van der Waals surface area contributed by atoms with E-state index in [1.54, 1.807) is 0 Å². The number of nitrogens with zero attached hydrogens (tertiary/aromatic N) is 2. The maximum absolute atomic E-state index is 10.5. The van der Waals surface area contributed by atoms with Gasteiger partial charge in [0.15, 0.2) is 0 Å². The van der Waals surface area contributed by atoms with E-state index < -0.39 is 14.2 Å². The lowest BCUT2D eigenvalue weighted by Crippen LogP contribution is -2.23. The average Bonchev–Trinajstić information content (AvgIpc) is 2.87. The minimum absolute atomic E-state index is 0.349. The Bertz CT molecular complexity index is 724. The molecule has 138 valence electrons. The fourth-order valence-electron chi connectivity index (χ4n) is 2.53. The number of rotatable bonds is 9. The van der Waals surface area contributed by atoms with Gasteiger partial charge in [-0.3, -0.25) is 0 Å². The fourth-order valence-corrected chi connectivity index (χ4v) is 3.29. The number of carboxylic acid groups (broad SMARTS) is 1. The highest BCUT2D eigenvalue weighted by molar-refractivity contribution is 6.76.